The average molecular weight is 361 g/mol. The van der Waals surface area contributed by atoms with Gasteiger partial charge >= 0.3 is 5.97 Å². The quantitative estimate of drug-likeness (QED) is 0.895. The van der Waals surface area contributed by atoms with Crippen molar-refractivity contribution in [1.29, 1.82) is 0 Å². The predicted octanol–water partition coefficient (Wildman–Crippen LogP) is 3.45. The summed E-state index contributed by atoms with van der Waals surface area (Å²) in [6, 6.07) is 2.95. The number of hydrogen-bond donors (Lipinski definition) is 1. The summed E-state index contributed by atoms with van der Waals surface area (Å²) >= 11 is 3.24. The molecule has 4 nitrogen and oxygen atoms in total. The van der Waals surface area contributed by atoms with Crippen LogP contribution >= 0.6 is 15.9 Å². The van der Waals surface area contributed by atoms with Crippen LogP contribution in [0.2, 0.25) is 0 Å². The minimum atomic E-state index is -3.45. The molecule has 0 aliphatic heterocycles. The standard InChI is InChI=1S/C14H17BrO4S/c1-8-4-3-5-9(8)10-6-12(15)11(14(16)17)7-13(10)20(2,18)19/h6-9H,3-5H2,1-2H3,(H,16,17). The van der Waals surface area contributed by atoms with Crippen LogP contribution < -0.4 is 0 Å². The van der Waals surface area contributed by atoms with Crippen LogP contribution in [-0.2, 0) is 9.84 Å². The van der Waals surface area contributed by atoms with E-state index in [-0.39, 0.29) is 16.4 Å². The van der Waals surface area contributed by atoms with Crippen molar-refractivity contribution in [3.63, 3.8) is 0 Å². The highest BCUT2D eigenvalue weighted by Crippen LogP contribution is 2.43. The van der Waals surface area contributed by atoms with Gasteiger partial charge in [0.25, 0.3) is 0 Å². The number of benzene rings is 1. The van der Waals surface area contributed by atoms with E-state index in [0.717, 1.165) is 31.1 Å². The maximum Gasteiger partial charge on any atom is 0.336 e. The number of halogens is 1. The zero-order valence-corrected chi connectivity index (χ0v) is 13.8. The molecule has 0 aromatic heterocycles. The third-order valence-corrected chi connectivity index (χ3v) is 5.80. The molecular formula is C14H17BrO4S. The molecule has 110 valence electrons. The summed E-state index contributed by atoms with van der Waals surface area (Å²) in [5.74, 6) is -0.537. The van der Waals surface area contributed by atoms with Gasteiger partial charge in [0.05, 0.1) is 10.5 Å². The van der Waals surface area contributed by atoms with Crippen LogP contribution in [0.1, 0.15) is 48.0 Å². The number of carboxylic acids is 1. The molecular weight excluding hydrogens is 344 g/mol. The number of aromatic carboxylic acids is 1. The molecule has 2 rings (SSSR count). The topological polar surface area (TPSA) is 71.4 Å². The van der Waals surface area contributed by atoms with E-state index >= 15 is 0 Å². The van der Waals surface area contributed by atoms with Gasteiger partial charge in [-0.3, -0.25) is 0 Å². The number of rotatable bonds is 3. The molecule has 20 heavy (non-hydrogen) atoms. The van der Waals surface area contributed by atoms with Crippen molar-refractivity contribution >= 4 is 31.7 Å². The van der Waals surface area contributed by atoms with Crippen LogP contribution in [0.3, 0.4) is 0 Å². The third-order valence-electron chi connectivity index (χ3n) is 3.99. The molecule has 0 spiro atoms. The van der Waals surface area contributed by atoms with Gasteiger partial charge in [-0.1, -0.05) is 19.8 Å². The number of carboxylic acid groups (broad SMARTS) is 1. The lowest BCUT2D eigenvalue weighted by Gasteiger charge is -2.20. The molecule has 1 N–H and O–H groups in total. The van der Waals surface area contributed by atoms with E-state index in [0.29, 0.717) is 10.4 Å². The zero-order chi connectivity index (χ0) is 15.1. The summed E-state index contributed by atoms with van der Waals surface area (Å²) in [5.41, 5.74) is 0.731. The Morgan fingerprint density at radius 1 is 1.35 bits per heavy atom. The fraction of sp³-hybridized carbons (Fsp3) is 0.500. The van der Waals surface area contributed by atoms with E-state index < -0.39 is 15.8 Å². The molecule has 1 aliphatic rings. The van der Waals surface area contributed by atoms with Crippen LogP contribution in [0, 0.1) is 5.92 Å². The van der Waals surface area contributed by atoms with Gasteiger partial charge in [0, 0.05) is 10.7 Å². The van der Waals surface area contributed by atoms with Crippen molar-refractivity contribution in [1.82, 2.24) is 0 Å². The minimum Gasteiger partial charge on any atom is -0.478 e. The van der Waals surface area contributed by atoms with E-state index in [4.69, 9.17) is 5.11 Å². The minimum absolute atomic E-state index is 0.0141. The van der Waals surface area contributed by atoms with Crippen LogP contribution in [0.4, 0.5) is 0 Å². The van der Waals surface area contributed by atoms with E-state index in [9.17, 15) is 13.2 Å². The number of carbonyl (C=O) groups is 1. The molecule has 2 unspecified atom stereocenters. The molecule has 0 heterocycles. The number of hydrogen-bond acceptors (Lipinski definition) is 3. The maximum atomic E-state index is 12.0. The first-order valence-electron chi connectivity index (χ1n) is 6.48. The van der Waals surface area contributed by atoms with Gasteiger partial charge in [-0.2, -0.15) is 0 Å². The van der Waals surface area contributed by atoms with Crippen molar-refractivity contribution in [2.75, 3.05) is 6.26 Å². The van der Waals surface area contributed by atoms with E-state index in [1.165, 1.54) is 6.07 Å². The lowest BCUT2D eigenvalue weighted by molar-refractivity contribution is 0.0695. The van der Waals surface area contributed by atoms with Gasteiger partial charge in [-0.05, 0) is 51.9 Å². The average Bonchev–Trinajstić information content (AvgIpc) is 2.72. The zero-order valence-electron chi connectivity index (χ0n) is 11.4. The summed E-state index contributed by atoms with van der Waals surface area (Å²) in [6.45, 7) is 2.11. The van der Waals surface area contributed by atoms with E-state index in [1.807, 2.05) is 0 Å². The first-order valence-corrected chi connectivity index (χ1v) is 9.17. The second-order valence-electron chi connectivity index (χ2n) is 5.46. The molecule has 0 amide bonds. The van der Waals surface area contributed by atoms with Crippen molar-refractivity contribution in [3.05, 3.63) is 27.7 Å². The highest BCUT2D eigenvalue weighted by atomic mass is 79.9. The maximum absolute atomic E-state index is 12.0. The predicted molar refractivity (Wildman–Crippen MR) is 80.0 cm³/mol. The highest BCUT2D eigenvalue weighted by Gasteiger charge is 2.30. The molecule has 0 bridgehead atoms. The lowest BCUT2D eigenvalue weighted by atomic mass is 9.89. The SMILES string of the molecule is CC1CCCC1c1cc(Br)c(C(=O)O)cc1S(C)(=O)=O. The van der Waals surface area contributed by atoms with E-state index in [1.54, 1.807) is 6.07 Å². The molecule has 6 heteroatoms. The molecule has 0 saturated heterocycles. The van der Waals surface area contributed by atoms with Gasteiger partial charge < -0.3 is 5.11 Å². The Labute approximate surface area is 127 Å². The van der Waals surface area contributed by atoms with Gasteiger partial charge in [0.15, 0.2) is 9.84 Å². The van der Waals surface area contributed by atoms with E-state index in [2.05, 4.69) is 22.9 Å². The van der Waals surface area contributed by atoms with Crippen molar-refractivity contribution in [3.8, 4) is 0 Å². The first-order chi connectivity index (χ1) is 9.21. The van der Waals surface area contributed by atoms with Gasteiger partial charge in [0.2, 0.25) is 0 Å². The number of sulfone groups is 1. The summed E-state index contributed by atoms with van der Waals surface area (Å²) in [7, 11) is -3.45. The largest absolute Gasteiger partial charge is 0.478 e. The molecule has 1 aromatic carbocycles. The molecule has 2 atom stereocenters. The van der Waals surface area contributed by atoms with Crippen molar-refractivity contribution < 1.29 is 18.3 Å². The van der Waals surface area contributed by atoms with Crippen molar-refractivity contribution in [2.24, 2.45) is 5.92 Å². The smallest absolute Gasteiger partial charge is 0.336 e. The second-order valence-corrected chi connectivity index (χ2v) is 8.30. The van der Waals surface area contributed by atoms with Gasteiger partial charge in [-0.15, -0.1) is 0 Å². The van der Waals surface area contributed by atoms with Crippen LogP contribution in [0.5, 0.6) is 0 Å². The molecule has 1 aromatic rings. The molecule has 1 aliphatic carbocycles. The molecule has 0 radical (unpaired) electrons. The van der Waals surface area contributed by atoms with Crippen LogP contribution in [-0.4, -0.2) is 25.7 Å². The van der Waals surface area contributed by atoms with Gasteiger partial charge in [0.1, 0.15) is 0 Å². The lowest BCUT2D eigenvalue weighted by Crippen LogP contribution is -2.12. The van der Waals surface area contributed by atoms with Gasteiger partial charge in [-0.25, -0.2) is 13.2 Å². The van der Waals surface area contributed by atoms with Crippen LogP contribution in [0.25, 0.3) is 0 Å². The monoisotopic (exact) mass is 360 g/mol. The summed E-state index contributed by atoms with van der Waals surface area (Å²) in [5, 5.41) is 9.14. The van der Waals surface area contributed by atoms with Crippen molar-refractivity contribution in [2.45, 2.75) is 37.0 Å². The Bertz CT molecular complexity index is 651. The fourth-order valence-electron chi connectivity index (χ4n) is 2.95. The summed E-state index contributed by atoms with van der Waals surface area (Å²) in [4.78, 5) is 11.3. The van der Waals surface area contributed by atoms with Crippen LogP contribution in [0.15, 0.2) is 21.5 Å². The Morgan fingerprint density at radius 2 is 2.00 bits per heavy atom. The fourth-order valence-corrected chi connectivity index (χ4v) is 4.45. The molecule has 1 fully saturated rings. The highest BCUT2D eigenvalue weighted by molar-refractivity contribution is 9.10. The Hall–Kier alpha value is -0.880. The Kier molecular flexibility index (Phi) is 4.25. The normalized spacial score (nSPS) is 22.9. The summed E-state index contributed by atoms with van der Waals surface area (Å²) < 4.78 is 24.4. The molecule has 1 saturated carbocycles. The second kappa shape index (κ2) is 5.48. The Morgan fingerprint density at radius 3 is 2.45 bits per heavy atom. The summed E-state index contributed by atoms with van der Waals surface area (Å²) in [6.07, 6.45) is 4.23. The first kappa shape index (κ1) is 15.5. The third kappa shape index (κ3) is 2.91. The Balaban J connectivity index is 2.67.